The van der Waals surface area contributed by atoms with Crippen LogP contribution in [-0.2, 0) is 4.79 Å². The van der Waals surface area contributed by atoms with Gasteiger partial charge in [-0.05, 0) is 35.7 Å². The van der Waals surface area contributed by atoms with Crippen LogP contribution in [0.2, 0.25) is 0 Å². The second kappa shape index (κ2) is 12.9. The van der Waals surface area contributed by atoms with Gasteiger partial charge < -0.3 is 28.0 Å². The molecule has 0 aliphatic rings. The number of aliphatic imine (C=N–C) groups is 1. The molecule has 180 valence electrons. The van der Waals surface area contributed by atoms with Crippen molar-refractivity contribution in [2.75, 3.05) is 6.54 Å². The number of primary amides is 1. The second-order valence-corrected chi connectivity index (χ2v) is 7.31. The van der Waals surface area contributed by atoms with Crippen molar-refractivity contribution in [3.05, 3.63) is 83.9 Å². The molecule has 1 amide bonds. The highest BCUT2D eigenvalue weighted by Crippen LogP contribution is 2.18. The van der Waals surface area contributed by atoms with E-state index in [0.717, 1.165) is 10.8 Å². The molecule has 0 bridgehead atoms. The number of carbonyl (C=O) groups excluding carboxylic acids is 2. The van der Waals surface area contributed by atoms with Gasteiger partial charge in [-0.3, -0.25) is 14.6 Å². The molecule has 0 heterocycles. The highest BCUT2D eigenvalue weighted by Gasteiger charge is 2.41. The quantitative estimate of drug-likeness (QED) is 0.106. The van der Waals surface area contributed by atoms with E-state index < -0.39 is 17.3 Å². The highest BCUT2D eigenvalue weighted by molar-refractivity contribution is 6.15. The van der Waals surface area contributed by atoms with Gasteiger partial charge in [0.2, 0.25) is 5.91 Å². The maximum Gasteiger partial charge on any atom is 0.331 e. The summed E-state index contributed by atoms with van der Waals surface area (Å²) in [7, 11) is 0. The fourth-order valence-corrected chi connectivity index (χ4v) is 3.07. The average molecular weight is 486 g/mol. The molecule has 1 atom stereocenters. The predicted octanol–water partition coefficient (Wildman–Crippen LogP) is 2.07. The number of ketones is 1. The topological polar surface area (TPSA) is 188 Å². The summed E-state index contributed by atoms with van der Waals surface area (Å²) in [5.41, 5.74) is 20.1. The Morgan fingerprint density at radius 1 is 0.824 bits per heavy atom. The van der Waals surface area contributed by atoms with Gasteiger partial charge in [-0.15, -0.1) is 12.4 Å². The Balaban J connectivity index is 0.000000356. The fraction of sp³-hybridized carbons (Fsp3) is 0.167. The van der Waals surface area contributed by atoms with Crippen LogP contribution in [0.5, 0.6) is 0 Å². The first-order valence-corrected chi connectivity index (χ1v) is 10.1. The summed E-state index contributed by atoms with van der Waals surface area (Å²) in [6.45, 7) is 0.219. The van der Waals surface area contributed by atoms with E-state index in [2.05, 4.69) is 4.99 Å². The normalized spacial score (nSPS) is 11.7. The Labute approximate surface area is 203 Å². The molecule has 1 unspecified atom stereocenters. The molecule has 3 aromatic rings. The molecule has 0 aliphatic carbocycles. The molecule has 0 fully saturated rings. The largest absolute Gasteiger partial charge is 0.480 e. The number of rotatable bonds is 8. The molecular formula is C24H28ClN5O4. The smallest absolute Gasteiger partial charge is 0.331 e. The van der Waals surface area contributed by atoms with Crippen molar-refractivity contribution in [2.45, 2.75) is 18.4 Å². The van der Waals surface area contributed by atoms with E-state index >= 15 is 0 Å². The molecule has 0 radical (unpaired) electrons. The molecule has 3 aromatic carbocycles. The molecule has 3 rings (SSSR count). The number of hydrogen-bond donors (Lipinski definition) is 5. The van der Waals surface area contributed by atoms with Gasteiger partial charge in [0, 0.05) is 17.7 Å². The molecule has 9 N–H and O–H groups in total. The highest BCUT2D eigenvalue weighted by atomic mass is 35.5. The number of fused-ring (bicyclic) bond motifs is 1. The number of hydrogen-bond acceptors (Lipinski definition) is 5. The molecule has 10 heteroatoms. The van der Waals surface area contributed by atoms with Crippen LogP contribution < -0.4 is 22.9 Å². The van der Waals surface area contributed by atoms with Gasteiger partial charge in [-0.2, -0.15) is 0 Å². The van der Waals surface area contributed by atoms with E-state index in [1.807, 2.05) is 30.3 Å². The first-order chi connectivity index (χ1) is 15.6. The molecule has 0 aliphatic heterocycles. The maximum absolute atomic E-state index is 12.2. The fourth-order valence-electron chi connectivity index (χ4n) is 3.07. The third-order valence-electron chi connectivity index (χ3n) is 4.88. The summed E-state index contributed by atoms with van der Waals surface area (Å²) in [6.07, 6.45) is 0.242. The summed E-state index contributed by atoms with van der Waals surface area (Å²) >= 11 is 0. The van der Waals surface area contributed by atoms with Gasteiger partial charge in [-0.25, -0.2) is 4.79 Å². The minimum absolute atomic E-state index is 0. The van der Waals surface area contributed by atoms with Gasteiger partial charge in [0.25, 0.3) is 0 Å². The minimum Gasteiger partial charge on any atom is -0.480 e. The number of carboxylic acid groups (broad SMARTS) is 1. The molecule has 0 aromatic heterocycles. The monoisotopic (exact) mass is 485 g/mol. The van der Waals surface area contributed by atoms with E-state index in [1.165, 1.54) is 12.1 Å². The number of carboxylic acids is 1. The first-order valence-electron chi connectivity index (χ1n) is 10.1. The van der Waals surface area contributed by atoms with Crippen LogP contribution in [0.1, 0.15) is 33.6 Å². The number of carbonyl (C=O) groups is 3. The molecule has 34 heavy (non-hydrogen) atoms. The molecule has 0 saturated carbocycles. The Morgan fingerprint density at radius 2 is 1.41 bits per heavy atom. The van der Waals surface area contributed by atoms with Crippen molar-refractivity contribution in [2.24, 2.45) is 27.9 Å². The molecule has 9 nitrogen and oxygen atoms in total. The third kappa shape index (κ3) is 7.58. The van der Waals surface area contributed by atoms with Crippen LogP contribution in [0, 0.1) is 0 Å². The summed E-state index contributed by atoms with van der Waals surface area (Å²) in [5, 5.41) is 11.4. The second-order valence-electron chi connectivity index (χ2n) is 7.31. The Bertz CT molecular complexity index is 1170. The SMILES string of the molecule is Cl.NC(=O)c1ccc2ccccc2c1.NC(N)=NCCCC(N)(C(=O)O)C(=O)c1ccccc1. The lowest BCUT2D eigenvalue weighted by atomic mass is 9.86. The maximum atomic E-state index is 12.2. The molecular weight excluding hydrogens is 458 g/mol. The summed E-state index contributed by atoms with van der Waals surface area (Å²) in [4.78, 5) is 38.2. The number of nitrogens with two attached hydrogens (primary N) is 4. The van der Waals surface area contributed by atoms with Gasteiger partial charge >= 0.3 is 5.97 Å². The van der Waals surface area contributed by atoms with Crippen LogP contribution in [-0.4, -0.2) is 40.8 Å². The zero-order chi connectivity index (χ0) is 24.4. The number of Topliss-reactive ketones (excluding diaryl/α,β-unsaturated/α-hetero) is 1. The summed E-state index contributed by atoms with van der Waals surface area (Å²) in [6, 6.07) is 21.4. The number of amides is 1. The lowest BCUT2D eigenvalue weighted by molar-refractivity contribution is -0.141. The van der Waals surface area contributed by atoms with E-state index in [0.29, 0.717) is 12.0 Å². The van der Waals surface area contributed by atoms with Gasteiger partial charge in [0.15, 0.2) is 17.3 Å². The average Bonchev–Trinajstić information content (AvgIpc) is 2.81. The minimum atomic E-state index is -1.97. The number of benzene rings is 3. The van der Waals surface area contributed by atoms with Crippen molar-refractivity contribution in [1.29, 1.82) is 0 Å². The number of halogens is 1. The van der Waals surface area contributed by atoms with Crippen LogP contribution in [0.25, 0.3) is 10.8 Å². The van der Waals surface area contributed by atoms with E-state index in [4.69, 9.17) is 22.9 Å². The van der Waals surface area contributed by atoms with Crippen LogP contribution in [0.3, 0.4) is 0 Å². The number of guanidine groups is 1. The van der Waals surface area contributed by atoms with E-state index in [1.54, 1.807) is 30.3 Å². The van der Waals surface area contributed by atoms with E-state index in [9.17, 15) is 19.5 Å². The van der Waals surface area contributed by atoms with Crippen LogP contribution >= 0.6 is 12.4 Å². The van der Waals surface area contributed by atoms with Crippen LogP contribution in [0.15, 0.2) is 77.8 Å². The van der Waals surface area contributed by atoms with Crippen molar-refractivity contribution in [1.82, 2.24) is 0 Å². The Morgan fingerprint density at radius 3 is 1.97 bits per heavy atom. The van der Waals surface area contributed by atoms with Gasteiger partial charge in [0.1, 0.15) is 0 Å². The number of aliphatic carboxylic acids is 1. The predicted molar refractivity (Wildman–Crippen MR) is 135 cm³/mol. The van der Waals surface area contributed by atoms with E-state index in [-0.39, 0.29) is 42.8 Å². The van der Waals surface area contributed by atoms with Crippen molar-refractivity contribution < 1.29 is 19.5 Å². The lowest BCUT2D eigenvalue weighted by Crippen LogP contribution is -2.55. The van der Waals surface area contributed by atoms with Crippen molar-refractivity contribution >= 4 is 46.8 Å². The van der Waals surface area contributed by atoms with Crippen LogP contribution in [0.4, 0.5) is 0 Å². The van der Waals surface area contributed by atoms with Crippen molar-refractivity contribution in [3.8, 4) is 0 Å². The standard InChI is InChI=1S/C13H18N4O3.C11H9NO.ClH/c14-12(15)17-8-4-7-13(16,11(19)20)10(18)9-5-2-1-3-6-9;12-11(13)10-6-5-8-3-1-2-4-9(8)7-10;/h1-3,5-6H,4,7-8,16H2,(H,19,20)(H4,14,15,17);1-7H,(H2,12,13);1H. The third-order valence-corrected chi connectivity index (χ3v) is 4.88. The summed E-state index contributed by atoms with van der Waals surface area (Å²) in [5.74, 6) is -2.46. The van der Waals surface area contributed by atoms with Crippen molar-refractivity contribution in [3.63, 3.8) is 0 Å². The lowest BCUT2D eigenvalue weighted by Gasteiger charge is -2.22. The Kier molecular flexibility index (Phi) is 10.7. The zero-order valence-corrected chi connectivity index (χ0v) is 19.2. The molecule has 0 spiro atoms. The number of nitrogens with zero attached hydrogens (tertiary/aromatic N) is 1. The Hall–Kier alpha value is -3.95. The molecule has 0 saturated heterocycles. The van der Waals surface area contributed by atoms with Gasteiger partial charge in [0.05, 0.1) is 0 Å². The zero-order valence-electron chi connectivity index (χ0n) is 18.4. The summed E-state index contributed by atoms with van der Waals surface area (Å²) < 4.78 is 0. The van der Waals surface area contributed by atoms with Gasteiger partial charge in [-0.1, -0.05) is 60.7 Å². The first kappa shape index (κ1) is 28.1.